The normalized spacial score (nSPS) is 18.8. The van der Waals surface area contributed by atoms with Crippen LogP contribution >= 0.6 is 0 Å². The van der Waals surface area contributed by atoms with E-state index in [2.05, 4.69) is 4.90 Å². The minimum atomic E-state index is -0.185. The molecule has 0 radical (unpaired) electrons. The molecule has 5 heteroatoms. The SMILES string of the molecule is COCC(=O)N(C)C[C@@H]1CCCN(CCc2ccc(F)cc2)C1. The molecule has 0 unspecified atom stereocenters. The van der Waals surface area contributed by atoms with Gasteiger partial charge in [-0.15, -0.1) is 0 Å². The van der Waals surface area contributed by atoms with E-state index in [1.165, 1.54) is 24.1 Å². The number of likely N-dealkylation sites (N-methyl/N-ethyl adjacent to an activating group) is 1. The number of carbonyl (C=O) groups is 1. The van der Waals surface area contributed by atoms with Crippen molar-refractivity contribution in [1.82, 2.24) is 9.80 Å². The number of ether oxygens (including phenoxy) is 1. The van der Waals surface area contributed by atoms with Gasteiger partial charge in [-0.2, -0.15) is 0 Å². The molecule has 0 spiro atoms. The summed E-state index contributed by atoms with van der Waals surface area (Å²) in [6.07, 6.45) is 3.27. The van der Waals surface area contributed by atoms with Gasteiger partial charge in [-0.05, 0) is 49.4 Å². The van der Waals surface area contributed by atoms with Gasteiger partial charge in [-0.3, -0.25) is 4.79 Å². The molecule has 0 saturated carbocycles. The fraction of sp³-hybridized carbons (Fsp3) is 0.611. The highest BCUT2D eigenvalue weighted by Crippen LogP contribution is 2.18. The van der Waals surface area contributed by atoms with Crippen LogP contribution in [0.5, 0.6) is 0 Å². The van der Waals surface area contributed by atoms with Crippen LogP contribution < -0.4 is 0 Å². The Kier molecular flexibility index (Phi) is 6.99. The number of hydrogen-bond acceptors (Lipinski definition) is 3. The van der Waals surface area contributed by atoms with Gasteiger partial charge in [0.2, 0.25) is 5.91 Å². The van der Waals surface area contributed by atoms with Gasteiger partial charge < -0.3 is 14.5 Å². The van der Waals surface area contributed by atoms with Crippen molar-refractivity contribution in [2.45, 2.75) is 19.3 Å². The quantitative estimate of drug-likeness (QED) is 0.771. The zero-order chi connectivity index (χ0) is 16.7. The highest BCUT2D eigenvalue weighted by molar-refractivity contribution is 5.77. The van der Waals surface area contributed by atoms with Crippen LogP contribution in [0.25, 0.3) is 0 Å². The molecule has 1 aliphatic rings. The number of benzene rings is 1. The largest absolute Gasteiger partial charge is 0.375 e. The van der Waals surface area contributed by atoms with Gasteiger partial charge in [0.1, 0.15) is 12.4 Å². The number of nitrogens with zero attached hydrogens (tertiary/aromatic N) is 2. The van der Waals surface area contributed by atoms with Crippen molar-refractivity contribution < 1.29 is 13.9 Å². The van der Waals surface area contributed by atoms with Gasteiger partial charge in [-0.25, -0.2) is 4.39 Å². The lowest BCUT2D eigenvalue weighted by atomic mass is 9.97. The highest BCUT2D eigenvalue weighted by atomic mass is 19.1. The molecule has 0 aromatic heterocycles. The fourth-order valence-corrected chi connectivity index (χ4v) is 3.16. The second-order valence-electron chi connectivity index (χ2n) is 6.39. The Labute approximate surface area is 138 Å². The predicted octanol–water partition coefficient (Wildman–Crippen LogP) is 2.19. The summed E-state index contributed by atoms with van der Waals surface area (Å²) in [5, 5.41) is 0. The van der Waals surface area contributed by atoms with Crippen molar-refractivity contribution in [3.05, 3.63) is 35.6 Å². The molecule has 1 amide bonds. The first kappa shape index (κ1) is 17.9. The molecule has 0 bridgehead atoms. The Bertz CT molecular complexity index is 492. The maximum atomic E-state index is 12.9. The summed E-state index contributed by atoms with van der Waals surface area (Å²) >= 11 is 0. The van der Waals surface area contributed by atoms with E-state index < -0.39 is 0 Å². The molecule has 1 saturated heterocycles. The van der Waals surface area contributed by atoms with Crippen LogP contribution in [0, 0.1) is 11.7 Å². The number of halogens is 1. The average Bonchev–Trinajstić information content (AvgIpc) is 2.55. The summed E-state index contributed by atoms with van der Waals surface area (Å²) in [5.74, 6) is 0.370. The molecule has 0 aliphatic carbocycles. The molecule has 1 aromatic carbocycles. The number of rotatable bonds is 7. The van der Waals surface area contributed by atoms with Gasteiger partial charge in [0.05, 0.1) is 0 Å². The summed E-state index contributed by atoms with van der Waals surface area (Å²) in [4.78, 5) is 16.0. The minimum Gasteiger partial charge on any atom is -0.375 e. The fourth-order valence-electron chi connectivity index (χ4n) is 3.16. The summed E-state index contributed by atoms with van der Waals surface area (Å²) < 4.78 is 17.8. The van der Waals surface area contributed by atoms with Crippen LogP contribution in [-0.2, 0) is 16.0 Å². The number of piperidine rings is 1. The van der Waals surface area contributed by atoms with Crippen molar-refractivity contribution in [3.8, 4) is 0 Å². The van der Waals surface area contributed by atoms with Crippen molar-refractivity contribution in [1.29, 1.82) is 0 Å². The molecule has 4 nitrogen and oxygen atoms in total. The highest BCUT2D eigenvalue weighted by Gasteiger charge is 2.22. The van der Waals surface area contributed by atoms with E-state index >= 15 is 0 Å². The van der Waals surface area contributed by atoms with Crippen LogP contribution in [0.3, 0.4) is 0 Å². The lowest BCUT2D eigenvalue weighted by Crippen LogP contribution is -2.42. The molecule has 1 atom stereocenters. The van der Waals surface area contributed by atoms with Crippen LogP contribution in [-0.4, -0.2) is 62.7 Å². The Balaban J connectivity index is 1.76. The summed E-state index contributed by atoms with van der Waals surface area (Å²) in [6, 6.07) is 6.75. The Hall–Kier alpha value is -1.46. The van der Waals surface area contributed by atoms with Gasteiger partial charge in [0.15, 0.2) is 0 Å². The molecular formula is C18H27FN2O2. The third-order valence-electron chi connectivity index (χ3n) is 4.46. The molecular weight excluding hydrogens is 295 g/mol. The summed E-state index contributed by atoms with van der Waals surface area (Å²) in [5.41, 5.74) is 1.17. The first-order valence-electron chi connectivity index (χ1n) is 8.28. The topological polar surface area (TPSA) is 32.8 Å². The molecule has 2 rings (SSSR count). The lowest BCUT2D eigenvalue weighted by Gasteiger charge is -2.34. The Morgan fingerprint density at radius 1 is 1.39 bits per heavy atom. The molecule has 1 aliphatic heterocycles. The zero-order valence-corrected chi connectivity index (χ0v) is 14.1. The monoisotopic (exact) mass is 322 g/mol. The standard InChI is InChI=1S/C18H27FN2O2/c1-20(18(22)14-23-2)12-16-4-3-10-21(13-16)11-9-15-5-7-17(19)8-6-15/h5-8,16H,3-4,9-14H2,1-2H3/t16-/m0/s1. The molecule has 0 N–H and O–H groups in total. The van der Waals surface area contributed by atoms with Crippen LogP contribution in [0.4, 0.5) is 4.39 Å². The van der Waals surface area contributed by atoms with E-state index in [1.54, 1.807) is 12.0 Å². The number of carbonyl (C=O) groups excluding carboxylic acids is 1. The van der Waals surface area contributed by atoms with Gasteiger partial charge in [0.25, 0.3) is 0 Å². The first-order chi connectivity index (χ1) is 11.1. The Morgan fingerprint density at radius 3 is 2.83 bits per heavy atom. The average molecular weight is 322 g/mol. The van der Waals surface area contributed by atoms with Crippen LogP contribution in [0.2, 0.25) is 0 Å². The summed E-state index contributed by atoms with van der Waals surface area (Å²) in [6.45, 7) is 4.05. The third-order valence-corrected chi connectivity index (χ3v) is 4.46. The van der Waals surface area contributed by atoms with Crippen LogP contribution in [0.15, 0.2) is 24.3 Å². The van der Waals surface area contributed by atoms with Gasteiger partial charge in [0, 0.05) is 33.8 Å². The molecule has 23 heavy (non-hydrogen) atoms. The van der Waals surface area contributed by atoms with Crippen molar-refractivity contribution in [2.75, 3.05) is 46.9 Å². The number of methoxy groups -OCH3 is 1. The smallest absolute Gasteiger partial charge is 0.248 e. The van der Waals surface area contributed by atoms with Crippen molar-refractivity contribution in [2.24, 2.45) is 5.92 Å². The predicted molar refractivity (Wildman–Crippen MR) is 88.8 cm³/mol. The second-order valence-corrected chi connectivity index (χ2v) is 6.39. The van der Waals surface area contributed by atoms with Crippen molar-refractivity contribution >= 4 is 5.91 Å². The minimum absolute atomic E-state index is 0.0379. The molecule has 1 aromatic rings. The van der Waals surface area contributed by atoms with E-state index in [0.29, 0.717) is 5.92 Å². The number of hydrogen-bond donors (Lipinski definition) is 0. The number of likely N-dealkylation sites (tertiary alicyclic amines) is 1. The van der Waals surface area contributed by atoms with Gasteiger partial charge >= 0.3 is 0 Å². The van der Waals surface area contributed by atoms with Gasteiger partial charge in [-0.1, -0.05) is 12.1 Å². The second kappa shape index (κ2) is 8.99. The first-order valence-corrected chi connectivity index (χ1v) is 8.28. The maximum absolute atomic E-state index is 12.9. The van der Waals surface area contributed by atoms with Crippen molar-refractivity contribution in [3.63, 3.8) is 0 Å². The van der Waals surface area contributed by atoms with E-state index in [0.717, 1.165) is 39.0 Å². The molecule has 1 fully saturated rings. The van der Waals surface area contributed by atoms with E-state index in [4.69, 9.17) is 4.74 Å². The molecule has 128 valence electrons. The summed E-state index contributed by atoms with van der Waals surface area (Å²) in [7, 11) is 3.39. The van der Waals surface area contributed by atoms with E-state index in [-0.39, 0.29) is 18.3 Å². The molecule has 1 heterocycles. The van der Waals surface area contributed by atoms with Crippen LogP contribution in [0.1, 0.15) is 18.4 Å². The Morgan fingerprint density at radius 2 is 2.13 bits per heavy atom. The third kappa shape index (κ3) is 5.92. The van der Waals surface area contributed by atoms with E-state index in [1.807, 2.05) is 19.2 Å². The number of amides is 1. The lowest BCUT2D eigenvalue weighted by molar-refractivity contribution is -0.134. The zero-order valence-electron chi connectivity index (χ0n) is 14.1. The van der Waals surface area contributed by atoms with E-state index in [9.17, 15) is 9.18 Å². The maximum Gasteiger partial charge on any atom is 0.248 e.